The molecule has 0 bridgehead atoms. The quantitative estimate of drug-likeness (QED) is 0.414. The summed E-state index contributed by atoms with van der Waals surface area (Å²) >= 11 is 5.22. The maximum atomic E-state index is 11.7. The first-order valence-electron chi connectivity index (χ1n) is 7.57. The highest BCUT2D eigenvalue weighted by Crippen LogP contribution is 2.11. The number of hydrogen-bond acceptors (Lipinski definition) is 4. The largest absolute Gasteiger partial charge is 0.462 e. The Kier molecular flexibility index (Phi) is 9.18. The first-order valence-corrected chi connectivity index (χ1v) is 7.98. The number of ether oxygens (including phenoxy) is 2. The van der Waals surface area contributed by atoms with Gasteiger partial charge in [-0.2, -0.15) is 0 Å². The smallest absolute Gasteiger partial charge is 0.338 e. The van der Waals surface area contributed by atoms with Crippen molar-refractivity contribution in [3.05, 3.63) is 29.8 Å². The SMILES string of the molecule is CCCOCCCNC(=S)Nc1cccc(C(=O)OCC)c1. The Morgan fingerprint density at radius 1 is 1.27 bits per heavy atom. The summed E-state index contributed by atoms with van der Waals surface area (Å²) in [5, 5.41) is 6.68. The van der Waals surface area contributed by atoms with Crippen molar-refractivity contribution < 1.29 is 14.3 Å². The van der Waals surface area contributed by atoms with E-state index in [4.69, 9.17) is 21.7 Å². The van der Waals surface area contributed by atoms with Crippen LogP contribution in [0.3, 0.4) is 0 Å². The number of hydrogen-bond donors (Lipinski definition) is 2. The van der Waals surface area contributed by atoms with Crippen molar-refractivity contribution in [2.24, 2.45) is 0 Å². The molecule has 0 fully saturated rings. The number of rotatable bonds is 9. The van der Waals surface area contributed by atoms with Crippen LogP contribution >= 0.6 is 12.2 Å². The predicted octanol–water partition coefficient (Wildman–Crippen LogP) is 2.97. The molecule has 0 unspecified atom stereocenters. The van der Waals surface area contributed by atoms with Gasteiger partial charge in [0.1, 0.15) is 0 Å². The lowest BCUT2D eigenvalue weighted by atomic mass is 10.2. The fraction of sp³-hybridized carbons (Fsp3) is 0.500. The number of thiocarbonyl (C=S) groups is 1. The Hall–Kier alpha value is -1.66. The van der Waals surface area contributed by atoms with Crippen molar-refractivity contribution in [1.29, 1.82) is 0 Å². The van der Waals surface area contributed by atoms with Gasteiger partial charge in [0, 0.05) is 25.4 Å². The lowest BCUT2D eigenvalue weighted by Crippen LogP contribution is -2.29. The minimum absolute atomic E-state index is 0.335. The van der Waals surface area contributed by atoms with Gasteiger partial charge in [-0.15, -0.1) is 0 Å². The monoisotopic (exact) mass is 324 g/mol. The van der Waals surface area contributed by atoms with Crippen LogP contribution in [0.1, 0.15) is 37.0 Å². The van der Waals surface area contributed by atoms with Crippen molar-refractivity contribution in [2.75, 3.05) is 31.7 Å². The molecule has 0 saturated heterocycles. The summed E-state index contributed by atoms with van der Waals surface area (Å²) in [5.74, 6) is -0.335. The molecule has 0 aliphatic carbocycles. The van der Waals surface area contributed by atoms with Crippen LogP contribution in [-0.4, -0.2) is 37.4 Å². The van der Waals surface area contributed by atoms with E-state index in [1.54, 1.807) is 25.1 Å². The fourth-order valence-corrected chi connectivity index (χ4v) is 1.96. The van der Waals surface area contributed by atoms with Gasteiger partial charge in [0.05, 0.1) is 12.2 Å². The molecule has 0 aliphatic heterocycles. The third kappa shape index (κ3) is 7.38. The van der Waals surface area contributed by atoms with Crippen LogP contribution in [0.25, 0.3) is 0 Å². The van der Waals surface area contributed by atoms with Gasteiger partial charge in [-0.05, 0) is 50.2 Å². The number of esters is 1. The van der Waals surface area contributed by atoms with E-state index in [2.05, 4.69) is 17.6 Å². The van der Waals surface area contributed by atoms with Gasteiger partial charge in [-0.3, -0.25) is 0 Å². The Bertz CT molecular complexity index is 480. The van der Waals surface area contributed by atoms with Gasteiger partial charge < -0.3 is 20.1 Å². The highest BCUT2D eigenvalue weighted by molar-refractivity contribution is 7.80. The molecule has 1 rings (SSSR count). The zero-order chi connectivity index (χ0) is 16.2. The summed E-state index contributed by atoms with van der Waals surface area (Å²) in [6.45, 7) is 6.49. The van der Waals surface area contributed by atoms with Crippen LogP contribution < -0.4 is 10.6 Å². The molecule has 1 aromatic carbocycles. The van der Waals surface area contributed by atoms with Crippen LogP contribution in [0.5, 0.6) is 0 Å². The average Bonchev–Trinajstić information content (AvgIpc) is 2.51. The Morgan fingerprint density at radius 3 is 2.82 bits per heavy atom. The lowest BCUT2D eigenvalue weighted by Gasteiger charge is -2.11. The lowest BCUT2D eigenvalue weighted by molar-refractivity contribution is 0.0526. The second kappa shape index (κ2) is 11.0. The van der Waals surface area contributed by atoms with E-state index >= 15 is 0 Å². The molecule has 0 aromatic heterocycles. The highest BCUT2D eigenvalue weighted by Gasteiger charge is 2.07. The second-order valence-electron chi connectivity index (χ2n) is 4.65. The van der Waals surface area contributed by atoms with Crippen molar-refractivity contribution in [3.8, 4) is 0 Å². The summed E-state index contributed by atoms with van der Waals surface area (Å²) < 4.78 is 10.4. The first kappa shape index (κ1) is 18.4. The summed E-state index contributed by atoms with van der Waals surface area (Å²) in [6, 6.07) is 7.07. The van der Waals surface area contributed by atoms with E-state index in [1.807, 2.05) is 6.07 Å². The highest BCUT2D eigenvalue weighted by atomic mass is 32.1. The van der Waals surface area contributed by atoms with Crippen LogP contribution in [0.4, 0.5) is 5.69 Å². The van der Waals surface area contributed by atoms with E-state index in [-0.39, 0.29) is 5.97 Å². The topological polar surface area (TPSA) is 59.6 Å². The molecule has 2 N–H and O–H groups in total. The summed E-state index contributed by atoms with van der Waals surface area (Å²) in [5.41, 5.74) is 1.26. The normalized spacial score (nSPS) is 10.1. The average molecular weight is 324 g/mol. The standard InChI is InChI=1S/C16H24N2O3S/c1-3-10-20-11-6-9-17-16(22)18-14-8-5-7-13(12-14)15(19)21-4-2/h5,7-8,12H,3-4,6,9-11H2,1-2H3,(H2,17,18,22). The molecule has 0 radical (unpaired) electrons. The van der Waals surface area contributed by atoms with Crippen LogP contribution in [0.15, 0.2) is 24.3 Å². The molecule has 0 aliphatic rings. The van der Waals surface area contributed by atoms with Gasteiger partial charge >= 0.3 is 5.97 Å². The molecule has 5 nitrogen and oxygen atoms in total. The van der Waals surface area contributed by atoms with Crippen LogP contribution in [-0.2, 0) is 9.47 Å². The predicted molar refractivity (Wildman–Crippen MR) is 92.3 cm³/mol. The van der Waals surface area contributed by atoms with Crippen molar-refractivity contribution in [2.45, 2.75) is 26.7 Å². The maximum absolute atomic E-state index is 11.7. The van der Waals surface area contributed by atoms with Crippen LogP contribution in [0.2, 0.25) is 0 Å². The minimum Gasteiger partial charge on any atom is -0.462 e. The fourth-order valence-electron chi connectivity index (χ4n) is 1.74. The second-order valence-corrected chi connectivity index (χ2v) is 5.06. The Balaban J connectivity index is 2.35. The molecular formula is C16H24N2O3S. The molecule has 0 spiro atoms. The number of carbonyl (C=O) groups excluding carboxylic acids is 1. The van der Waals surface area contributed by atoms with Crippen LogP contribution in [0, 0.1) is 0 Å². The molecule has 122 valence electrons. The Morgan fingerprint density at radius 2 is 2.09 bits per heavy atom. The molecule has 1 aromatic rings. The van der Waals surface area contributed by atoms with Gasteiger partial charge in [-0.25, -0.2) is 4.79 Å². The van der Waals surface area contributed by atoms with Gasteiger partial charge in [0.2, 0.25) is 0 Å². The number of nitrogens with one attached hydrogen (secondary N) is 2. The van der Waals surface area contributed by atoms with E-state index in [0.29, 0.717) is 17.3 Å². The van der Waals surface area contributed by atoms with Gasteiger partial charge in [0.25, 0.3) is 0 Å². The minimum atomic E-state index is -0.335. The number of anilines is 1. The van der Waals surface area contributed by atoms with Crippen molar-refractivity contribution in [3.63, 3.8) is 0 Å². The maximum Gasteiger partial charge on any atom is 0.338 e. The number of carbonyl (C=O) groups is 1. The number of benzene rings is 1. The zero-order valence-electron chi connectivity index (χ0n) is 13.2. The molecule has 0 heterocycles. The summed E-state index contributed by atoms with van der Waals surface area (Å²) in [6.07, 6.45) is 1.93. The van der Waals surface area contributed by atoms with Gasteiger partial charge in [-0.1, -0.05) is 13.0 Å². The third-order valence-corrected chi connectivity index (χ3v) is 2.98. The molecule has 6 heteroatoms. The Labute approximate surface area is 137 Å². The van der Waals surface area contributed by atoms with E-state index in [1.165, 1.54) is 0 Å². The first-order chi connectivity index (χ1) is 10.7. The molecular weight excluding hydrogens is 300 g/mol. The summed E-state index contributed by atoms with van der Waals surface area (Å²) in [7, 11) is 0. The van der Waals surface area contributed by atoms with Gasteiger partial charge in [0.15, 0.2) is 5.11 Å². The van der Waals surface area contributed by atoms with E-state index < -0.39 is 0 Å². The molecule has 22 heavy (non-hydrogen) atoms. The molecule has 0 saturated carbocycles. The zero-order valence-corrected chi connectivity index (χ0v) is 14.0. The molecule has 0 atom stereocenters. The van der Waals surface area contributed by atoms with E-state index in [0.717, 1.165) is 38.3 Å². The summed E-state index contributed by atoms with van der Waals surface area (Å²) in [4.78, 5) is 11.7. The van der Waals surface area contributed by atoms with Crippen molar-refractivity contribution in [1.82, 2.24) is 5.32 Å². The van der Waals surface area contributed by atoms with E-state index in [9.17, 15) is 4.79 Å². The van der Waals surface area contributed by atoms with Crippen molar-refractivity contribution >= 4 is 29.0 Å². The third-order valence-electron chi connectivity index (χ3n) is 2.73. The molecule has 0 amide bonds.